The van der Waals surface area contributed by atoms with Crippen LogP contribution in [0.4, 0.5) is 17.1 Å². The van der Waals surface area contributed by atoms with E-state index in [9.17, 15) is 9.59 Å². The fourth-order valence-electron chi connectivity index (χ4n) is 3.36. The van der Waals surface area contributed by atoms with Crippen molar-refractivity contribution in [1.29, 1.82) is 0 Å². The van der Waals surface area contributed by atoms with Gasteiger partial charge in [0.25, 0.3) is 5.91 Å². The fraction of sp³-hybridized carbons (Fsp3) is 0.333. The van der Waals surface area contributed by atoms with Crippen molar-refractivity contribution in [2.24, 2.45) is 5.92 Å². The summed E-state index contributed by atoms with van der Waals surface area (Å²) in [6, 6.07) is 12.0. The molecule has 142 valence electrons. The second-order valence-electron chi connectivity index (χ2n) is 6.82. The minimum absolute atomic E-state index is 0.0372. The minimum atomic E-state index is -0.270. The number of nitrogen functional groups attached to an aromatic ring is 1. The summed E-state index contributed by atoms with van der Waals surface area (Å²) >= 11 is 0. The Morgan fingerprint density at radius 1 is 1.00 bits per heavy atom. The van der Waals surface area contributed by atoms with Crippen LogP contribution in [0.15, 0.2) is 42.5 Å². The number of ether oxygens (including phenoxy) is 1. The van der Waals surface area contributed by atoms with Crippen molar-refractivity contribution >= 4 is 28.9 Å². The smallest absolute Gasteiger partial charge is 0.255 e. The van der Waals surface area contributed by atoms with Gasteiger partial charge in [-0.2, -0.15) is 0 Å². The van der Waals surface area contributed by atoms with Crippen molar-refractivity contribution in [1.82, 2.24) is 0 Å². The Morgan fingerprint density at radius 3 is 2.44 bits per heavy atom. The molecule has 1 fully saturated rings. The molecule has 2 aromatic carbocycles. The molecule has 0 bridgehead atoms. The van der Waals surface area contributed by atoms with Gasteiger partial charge in [-0.05, 0) is 49.2 Å². The number of carbonyl (C=O) groups is 2. The molecule has 0 atom stereocenters. The molecule has 1 saturated carbocycles. The van der Waals surface area contributed by atoms with E-state index in [1.165, 1.54) is 13.5 Å². The van der Waals surface area contributed by atoms with Crippen LogP contribution in [-0.4, -0.2) is 18.9 Å². The third-order valence-corrected chi connectivity index (χ3v) is 4.86. The lowest BCUT2D eigenvalue weighted by molar-refractivity contribution is -0.120. The van der Waals surface area contributed by atoms with Gasteiger partial charge >= 0.3 is 0 Å². The Balaban J connectivity index is 1.66. The third-order valence-electron chi connectivity index (χ3n) is 4.86. The van der Waals surface area contributed by atoms with Gasteiger partial charge in [0.2, 0.25) is 5.91 Å². The van der Waals surface area contributed by atoms with Crippen LogP contribution in [0.1, 0.15) is 42.5 Å². The average molecular weight is 367 g/mol. The SMILES string of the molecule is COc1ccc(NC(=O)c2cccc(NC(=O)C3CCCCC3)c2)cc1N. The summed E-state index contributed by atoms with van der Waals surface area (Å²) < 4.78 is 5.11. The van der Waals surface area contributed by atoms with E-state index in [1.807, 2.05) is 0 Å². The molecule has 0 radical (unpaired) electrons. The molecule has 0 unspecified atom stereocenters. The number of hydrogen-bond donors (Lipinski definition) is 3. The number of amides is 2. The number of carbonyl (C=O) groups excluding carboxylic acids is 2. The quantitative estimate of drug-likeness (QED) is 0.695. The summed E-state index contributed by atoms with van der Waals surface area (Å²) in [4.78, 5) is 24.9. The molecule has 0 saturated heterocycles. The molecule has 27 heavy (non-hydrogen) atoms. The van der Waals surface area contributed by atoms with Crippen molar-refractivity contribution in [2.45, 2.75) is 32.1 Å². The van der Waals surface area contributed by atoms with Crippen molar-refractivity contribution < 1.29 is 14.3 Å². The van der Waals surface area contributed by atoms with Crippen LogP contribution >= 0.6 is 0 Å². The van der Waals surface area contributed by atoms with Gasteiger partial charge in [0.15, 0.2) is 0 Å². The molecule has 6 nitrogen and oxygen atoms in total. The lowest BCUT2D eigenvalue weighted by Crippen LogP contribution is -2.24. The molecule has 1 aliphatic rings. The third kappa shape index (κ3) is 4.78. The molecule has 2 aromatic rings. The zero-order chi connectivity index (χ0) is 19.2. The second kappa shape index (κ2) is 8.58. The number of rotatable bonds is 5. The first-order valence-corrected chi connectivity index (χ1v) is 9.22. The largest absolute Gasteiger partial charge is 0.495 e. The van der Waals surface area contributed by atoms with Crippen LogP contribution in [-0.2, 0) is 4.79 Å². The molecule has 0 heterocycles. The van der Waals surface area contributed by atoms with Gasteiger partial charge in [0.05, 0.1) is 12.8 Å². The predicted octanol–water partition coefficient (Wildman–Crippen LogP) is 4.05. The highest BCUT2D eigenvalue weighted by Crippen LogP contribution is 2.26. The van der Waals surface area contributed by atoms with Crippen molar-refractivity contribution in [2.75, 3.05) is 23.5 Å². The van der Waals surface area contributed by atoms with E-state index < -0.39 is 0 Å². The maximum absolute atomic E-state index is 12.5. The molecule has 0 aliphatic heterocycles. The van der Waals surface area contributed by atoms with E-state index in [2.05, 4.69) is 10.6 Å². The number of nitrogens with one attached hydrogen (secondary N) is 2. The molecular formula is C21H25N3O3. The molecule has 0 aromatic heterocycles. The Morgan fingerprint density at radius 2 is 1.74 bits per heavy atom. The summed E-state index contributed by atoms with van der Waals surface area (Å²) in [6.07, 6.45) is 5.28. The van der Waals surface area contributed by atoms with E-state index in [0.29, 0.717) is 28.4 Å². The van der Waals surface area contributed by atoms with Gasteiger partial charge in [0.1, 0.15) is 5.75 Å². The predicted molar refractivity (Wildman–Crippen MR) is 107 cm³/mol. The number of nitrogens with two attached hydrogens (primary N) is 1. The van der Waals surface area contributed by atoms with Crippen molar-refractivity contribution in [3.05, 3.63) is 48.0 Å². The summed E-state index contributed by atoms with van der Waals surface area (Å²) in [5.41, 5.74) is 7.99. The summed E-state index contributed by atoms with van der Waals surface area (Å²) in [5.74, 6) is 0.391. The topological polar surface area (TPSA) is 93.5 Å². The van der Waals surface area contributed by atoms with Crippen LogP contribution in [0, 0.1) is 5.92 Å². The minimum Gasteiger partial charge on any atom is -0.495 e. The molecule has 3 rings (SSSR count). The summed E-state index contributed by atoms with van der Waals surface area (Å²) in [7, 11) is 1.54. The highest BCUT2D eigenvalue weighted by atomic mass is 16.5. The van der Waals surface area contributed by atoms with Crippen molar-refractivity contribution in [3.63, 3.8) is 0 Å². The molecule has 1 aliphatic carbocycles. The van der Waals surface area contributed by atoms with E-state index >= 15 is 0 Å². The van der Waals surface area contributed by atoms with Gasteiger partial charge < -0.3 is 21.1 Å². The highest BCUT2D eigenvalue weighted by molar-refractivity contribution is 6.05. The monoisotopic (exact) mass is 367 g/mol. The Kier molecular flexibility index (Phi) is 5.96. The normalized spacial score (nSPS) is 14.4. The molecule has 2 amide bonds. The molecule has 0 spiro atoms. The molecular weight excluding hydrogens is 342 g/mol. The maximum Gasteiger partial charge on any atom is 0.255 e. The first-order chi connectivity index (χ1) is 13.1. The van der Waals surface area contributed by atoms with Crippen LogP contribution in [0.2, 0.25) is 0 Å². The molecule has 6 heteroatoms. The average Bonchev–Trinajstić information content (AvgIpc) is 2.69. The van der Waals surface area contributed by atoms with E-state index in [-0.39, 0.29) is 17.7 Å². The number of hydrogen-bond acceptors (Lipinski definition) is 4. The van der Waals surface area contributed by atoms with Gasteiger partial charge in [-0.15, -0.1) is 0 Å². The van der Waals surface area contributed by atoms with Gasteiger partial charge in [-0.3, -0.25) is 9.59 Å². The first-order valence-electron chi connectivity index (χ1n) is 9.22. The zero-order valence-corrected chi connectivity index (χ0v) is 15.5. The fourth-order valence-corrected chi connectivity index (χ4v) is 3.36. The lowest BCUT2D eigenvalue weighted by Gasteiger charge is -2.20. The summed E-state index contributed by atoms with van der Waals surface area (Å²) in [6.45, 7) is 0. The number of anilines is 3. The van der Waals surface area contributed by atoms with Crippen LogP contribution < -0.4 is 21.1 Å². The second-order valence-corrected chi connectivity index (χ2v) is 6.82. The van der Waals surface area contributed by atoms with Crippen molar-refractivity contribution in [3.8, 4) is 5.75 Å². The standard InChI is InChI=1S/C21H25N3O3/c1-27-19-11-10-17(13-18(19)22)24-21(26)15-8-5-9-16(12-15)23-20(25)14-6-3-2-4-7-14/h5,8-14H,2-4,6-7,22H2,1H3,(H,23,25)(H,24,26). The number of benzene rings is 2. The van der Waals surface area contributed by atoms with Crippen LogP contribution in [0.3, 0.4) is 0 Å². The Bertz CT molecular complexity index is 829. The zero-order valence-electron chi connectivity index (χ0n) is 15.5. The van der Waals surface area contributed by atoms with E-state index in [0.717, 1.165) is 25.7 Å². The maximum atomic E-state index is 12.5. The van der Waals surface area contributed by atoms with Crippen LogP contribution in [0.5, 0.6) is 5.75 Å². The van der Waals surface area contributed by atoms with Gasteiger partial charge in [-0.1, -0.05) is 25.3 Å². The first kappa shape index (κ1) is 18.8. The lowest BCUT2D eigenvalue weighted by atomic mass is 9.88. The van der Waals surface area contributed by atoms with Gasteiger partial charge in [0, 0.05) is 22.9 Å². The van der Waals surface area contributed by atoms with Gasteiger partial charge in [-0.25, -0.2) is 0 Å². The van der Waals surface area contributed by atoms with E-state index in [4.69, 9.17) is 10.5 Å². The molecule has 4 N–H and O–H groups in total. The van der Waals surface area contributed by atoms with Crippen LogP contribution in [0.25, 0.3) is 0 Å². The van der Waals surface area contributed by atoms with E-state index in [1.54, 1.807) is 42.5 Å². The number of methoxy groups -OCH3 is 1. The Hall–Kier alpha value is -3.02. The Labute approximate surface area is 159 Å². The highest BCUT2D eigenvalue weighted by Gasteiger charge is 2.21. The summed E-state index contributed by atoms with van der Waals surface area (Å²) in [5, 5.41) is 5.75.